The SMILES string of the molecule is O=C(Nc1cccc(CNC(=O)c2cc(Cl)sc2Cl)c1)c1ccc(F)cc1. The summed E-state index contributed by atoms with van der Waals surface area (Å²) in [7, 11) is 0. The lowest BCUT2D eigenvalue weighted by atomic mass is 10.1. The number of hydrogen-bond acceptors (Lipinski definition) is 3. The minimum Gasteiger partial charge on any atom is -0.348 e. The van der Waals surface area contributed by atoms with E-state index in [9.17, 15) is 14.0 Å². The van der Waals surface area contributed by atoms with Crippen molar-refractivity contribution in [2.45, 2.75) is 6.54 Å². The number of halogens is 3. The second-order valence-electron chi connectivity index (χ2n) is 5.58. The van der Waals surface area contributed by atoms with Gasteiger partial charge in [0, 0.05) is 17.8 Å². The van der Waals surface area contributed by atoms with E-state index in [1.165, 1.54) is 30.3 Å². The highest BCUT2D eigenvalue weighted by Gasteiger charge is 2.14. The molecule has 2 aromatic carbocycles. The molecule has 4 nitrogen and oxygen atoms in total. The summed E-state index contributed by atoms with van der Waals surface area (Å²) in [4.78, 5) is 24.4. The van der Waals surface area contributed by atoms with E-state index in [1.54, 1.807) is 18.2 Å². The number of carbonyl (C=O) groups excluding carboxylic acids is 2. The van der Waals surface area contributed by atoms with E-state index in [4.69, 9.17) is 23.2 Å². The largest absolute Gasteiger partial charge is 0.348 e. The average Bonchev–Trinajstić information content (AvgIpc) is 2.99. The normalized spacial score (nSPS) is 10.5. The number of carbonyl (C=O) groups is 2. The summed E-state index contributed by atoms with van der Waals surface area (Å²) < 4.78 is 13.7. The minimum absolute atomic E-state index is 0.253. The first-order valence-corrected chi connectivity index (χ1v) is 9.38. The van der Waals surface area contributed by atoms with Gasteiger partial charge in [-0.1, -0.05) is 35.3 Å². The van der Waals surface area contributed by atoms with Gasteiger partial charge in [0.1, 0.15) is 10.2 Å². The average molecular weight is 423 g/mol. The third kappa shape index (κ3) is 5.07. The second-order valence-corrected chi connectivity index (χ2v) is 7.87. The van der Waals surface area contributed by atoms with Gasteiger partial charge in [-0.25, -0.2) is 4.39 Å². The number of rotatable bonds is 5. The van der Waals surface area contributed by atoms with Crippen molar-refractivity contribution in [2.75, 3.05) is 5.32 Å². The van der Waals surface area contributed by atoms with E-state index in [-0.39, 0.29) is 18.4 Å². The molecule has 2 N–H and O–H groups in total. The molecule has 8 heteroatoms. The summed E-state index contributed by atoms with van der Waals surface area (Å²) in [5.41, 5.74) is 2.02. The summed E-state index contributed by atoms with van der Waals surface area (Å²) in [6, 6.07) is 13.8. The summed E-state index contributed by atoms with van der Waals surface area (Å²) in [5.74, 6) is -1.09. The Morgan fingerprint density at radius 3 is 2.41 bits per heavy atom. The Bertz CT molecular complexity index is 990. The van der Waals surface area contributed by atoms with Gasteiger partial charge in [0.25, 0.3) is 11.8 Å². The van der Waals surface area contributed by atoms with Gasteiger partial charge in [0.05, 0.1) is 9.90 Å². The maximum Gasteiger partial charge on any atom is 0.255 e. The van der Waals surface area contributed by atoms with Crippen molar-refractivity contribution in [2.24, 2.45) is 0 Å². The fourth-order valence-corrected chi connectivity index (χ4v) is 3.79. The van der Waals surface area contributed by atoms with E-state index in [1.807, 2.05) is 6.07 Å². The number of amides is 2. The smallest absolute Gasteiger partial charge is 0.255 e. The monoisotopic (exact) mass is 422 g/mol. The molecule has 0 spiro atoms. The molecule has 0 saturated heterocycles. The molecule has 0 aliphatic rings. The number of benzene rings is 2. The van der Waals surface area contributed by atoms with Crippen LogP contribution in [0, 0.1) is 5.82 Å². The molecule has 138 valence electrons. The van der Waals surface area contributed by atoms with Crippen LogP contribution < -0.4 is 10.6 Å². The van der Waals surface area contributed by atoms with Crippen molar-refractivity contribution >= 4 is 52.0 Å². The number of anilines is 1. The van der Waals surface area contributed by atoms with Crippen LogP contribution in [0.3, 0.4) is 0 Å². The molecule has 0 fully saturated rings. The fraction of sp³-hybridized carbons (Fsp3) is 0.0526. The Labute approximate surface area is 168 Å². The Hall–Kier alpha value is -2.41. The molecule has 27 heavy (non-hydrogen) atoms. The van der Waals surface area contributed by atoms with E-state index >= 15 is 0 Å². The van der Waals surface area contributed by atoms with Crippen molar-refractivity contribution in [1.82, 2.24) is 5.32 Å². The van der Waals surface area contributed by atoms with Crippen LogP contribution in [-0.4, -0.2) is 11.8 Å². The van der Waals surface area contributed by atoms with Crippen molar-refractivity contribution in [3.63, 3.8) is 0 Å². The maximum atomic E-state index is 12.9. The summed E-state index contributed by atoms with van der Waals surface area (Å²) >= 11 is 12.9. The summed E-state index contributed by atoms with van der Waals surface area (Å²) in [6.45, 7) is 0.253. The molecule has 0 unspecified atom stereocenters. The standard InChI is InChI=1S/C19H13Cl2FN2O2S/c20-16-9-15(17(21)27-16)19(26)23-10-11-2-1-3-14(8-11)24-18(25)12-4-6-13(22)7-5-12/h1-9H,10H2,(H,23,26)(H,24,25). The van der Waals surface area contributed by atoms with Crippen LogP contribution in [0.15, 0.2) is 54.6 Å². The number of hydrogen-bond donors (Lipinski definition) is 2. The number of nitrogens with one attached hydrogen (secondary N) is 2. The zero-order chi connectivity index (χ0) is 19.4. The van der Waals surface area contributed by atoms with Crippen molar-refractivity contribution < 1.29 is 14.0 Å². The van der Waals surface area contributed by atoms with Crippen LogP contribution in [0.1, 0.15) is 26.3 Å². The van der Waals surface area contributed by atoms with Gasteiger partial charge in [-0.15, -0.1) is 11.3 Å². The molecule has 0 aliphatic heterocycles. The number of thiophene rings is 1. The van der Waals surface area contributed by atoms with E-state index in [0.29, 0.717) is 25.5 Å². The third-order valence-electron chi connectivity index (χ3n) is 3.65. The molecular weight excluding hydrogens is 410 g/mol. The van der Waals surface area contributed by atoms with Gasteiger partial charge in [0.15, 0.2) is 0 Å². The molecule has 2 amide bonds. The highest BCUT2D eigenvalue weighted by Crippen LogP contribution is 2.31. The predicted octanol–water partition coefficient (Wildman–Crippen LogP) is 5.38. The second kappa shape index (κ2) is 8.52. The van der Waals surface area contributed by atoms with Crippen LogP contribution >= 0.6 is 34.5 Å². The van der Waals surface area contributed by atoms with Crippen molar-refractivity contribution in [3.8, 4) is 0 Å². The molecule has 0 bridgehead atoms. The molecule has 1 heterocycles. The van der Waals surface area contributed by atoms with E-state index < -0.39 is 5.82 Å². The lowest BCUT2D eigenvalue weighted by Crippen LogP contribution is -2.22. The lowest BCUT2D eigenvalue weighted by Gasteiger charge is -2.09. The predicted molar refractivity (Wildman–Crippen MR) is 106 cm³/mol. The zero-order valence-electron chi connectivity index (χ0n) is 13.8. The van der Waals surface area contributed by atoms with Gasteiger partial charge in [-0.2, -0.15) is 0 Å². The molecular formula is C19H13Cl2FN2O2S. The Kier molecular flexibility index (Phi) is 6.11. The van der Waals surface area contributed by atoms with Crippen LogP contribution in [0.25, 0.3) is 0 Å². The first kappa shape index (κ1) is 19.4. The van der Waals surface area contributed by atoms with Gasteiger partial charge in [0.2, 0.25) is 0 Å². The van der Waals surface area contributed by atoms with Gasteiger partial charge in [-0.05, 0) is 48.0 Å². The van der Waals surface area contributed by atoms with E-state index in [2.05, 4.69) is 10.6 Å². The molecule has 0 saturated carbocycles. The Balaban J connectivity index is 1.63. The molecule has 3 aromatic rings. The molecule has 1 aromatic heterocycles. The lowest BCUT2D eigenvalue weighted by molar-refractivity contribution is 0.0950. The fourth-order valence-electron chi connectivity index (χ4n) is 2.34. The molecule has 0 atom stereocenters. The first-order chi connectivity index (χ1) is 12.9. The van der Waals surface area contributed by atoms with Gasteiger partial charge in [-0.3, -0.25) is 9.59 Å². The minimum atomic E-state index is -0.406. The Morgan fingerprint density at radius 1 is 1.00 bits per heavy atom. The highest BCUT2D eigenvalue weighted by molar-refractivity contribution is 7.20. The topological polar surface area (TPSA) is 58.2 Å². The first-order valence-electron chi connectivity index (χ1n) is 7.81. The summed E-state index contributed by atoms with van der Waals surface area (Å²) in [5, 5.41) is 5.50. The van der Waals surface area contributed by atoms with Crippen molar-refractivity contribution in [3.05, 3.63) is 85.8 Å². The van der Waals surface area contributed by atoms with Crippen LogP contribution in [0.4, 0.5) is 10.1 Å². The third-order valence-corrected chi connectivity index (χ3v) is 5.13. The highest BCUT2D eigenvalue weighted by atomic mass is 35.5. The Morgan fingerprint density at radius 2 is 1.74 bits per heavy atom. The molecule has 3 rings (SSSR count). The maximum absolute atomic E-state index is 12.9. The van der Waals surface area contributed by atoms with Crippen LogP contribution in [-0.2, 0) is 6.54 Å². The molecule has 0 radical (unpaired) electrons. The zero-order valence-corrected chi connectivity index (χ0v) is 16.1. The van der Waals surface area contributed by atoms with Gasteiger partial charge >= 0.3 is 0 Å². The quantitative estimate of drug-likeness (QED) is 0.579. The van der Waals surface area contributed by atoms with Crippen LogP contribution in [0.5, 0.6) is 0 Å². The summed E-state index contributed by atoms with van der Waals surface area (Å²) in [6.07, 6.45) is 0. The van der Waals surface area contributed by atoms with Gasteiger partial charge < -0.3 is 10.6 Å². The molecule has 0 aliphatic carbocycles. The van der Waals surface area contributed by atoms with Crippen LogP contribution in [0.2, 0.25) is 8.67 Å². The van der Waals surface area contributed by atoms with Crippen molar-refractivity contribution in [1.29, 1.82) is 0 Å². The van der Waals surface area contributed by atoms with E-state index in [0.717, 1.165) is 16.9 Å².